The number of nitrogens with one attached hydrogen (secondary N) is 1. The lowest BCUT2D eigenvalue weighted by atomic mass is 9.97. The molecule has 0 amide bonds. The molecule has 32 heavy (non-hydrogen) atoms. The predicted octanol–water partition coefficient (Wildman–Crippen LogP) is 2.57. The zero-order chi connectivity index (χ0) is 23.9. The van der Waals surface area contributed by atoms with Gasteiger partial charge in [-0.2, -0.15) is 5.26 Å². The number of rotatable bonds is 12. The Morgan fingerprint density at radius 1 is 1.38 bits per heavy atom. The van der Waals surface area contributed by atoms with Crippen LogP contribution in [-0.4, -0.2) is 56.8 Å². The second kappa shape index (κ2) is 12.0. The number of aryl methyl sites for hydroxylation is 1. The summed E-state index contributed by atoms with van der Waals surface area (Å²) in [6.45, 7) is 10.2. The van der Waals surface area contributed by atoms with Crippen molar-refractivity contribution in [2.45, 2.75) is 84.2 Å². The summed E-state index contributed by atoms with van der Waals surface area (Å²) in [6.07, 6.45) is 2.66. The molecule has 10 nitrogen and oxygen atoms in total. The maximum Gasteiger partial charge on any atom is 0.330 e. The van der Waals surface area contributed by atoms with Crippen LogP contribution in [0.3, 0.4) is 0 Å². The average molecular weight is 471 g/mol. The normalized spacial score (nSPS) is 22.1. The number of H-pyrrole nitrogens is 1. The molecule has 2 N–H and O–H groups in total. The molecule has 0 radical (unpaired) electrons. The third-order valence-corrected chi connectivity index (χ3v) is 7.41. The molecule has 3 atom stereocenters. The number of ether oxygens (including phenoxy) is 1. The molecule has 1 fully saturated rings. The fourth-order valence-corrected chi connectivity index (χ4v) is 5.53. The topological polar surface area (TPSA) is 130 Å². The van der Waals surface area contributed by atoms with E-state index in [4.69, 9.17) is 19.0 Å². The summed E-state index contributed by atoms with van der Waals surface area (Å²) in [5, 5.41) is 18.6. The Morgan fingerprint density at radius 2 is 2.06 bits per heavy atom. The van der Waals surface area contributed by atoms with Crippen molar-refractivity contribution in [2.75, 3.05) is 19.8 Å². The van der Waals surface area contributed by atoms with E-state index in [0.29, 0.717) is 24.8 Å². The Morgan fingerprint density at radius 3 is 2.66 bits per heavy atom. The van der Waals surface area contributed by atoms with Crippen molar-refractivity contribution in [2.24, 2.45) is 0 Å². The van der Waals surface area contributed by atoms with Crippen LogP contribution >= 0.6 is 8.53 Å². The largest absolute Gasteiger partial charge is 0.396 e. The molecular weight excluding hydrogens is 435 g/mol. The fourth-order valence-electron chi connectivity index (χ4n) is 3.84. The van der Waals surface area contributed by atoms with Crippen LogP contribution < -0.4 is 11.2 Å². The lowest BCUT2D eigenvalue weighted by Gasteiger charge is -2.38. The van der Waals surface area contributed by atoms with Crippen LogP contribution in [0.25, 0.3) is 0 Å². The molecule has 2 rings (SSSR count). The number of nitrogens with zero attached hydrogens (tertiary/aromatic N) is 3. The molecule has 2 heterocycles. The van der Waals surface area contributed by atoms with Gasteiger partial charge < -0.3 is 18.9 Å². The molecule has 0 spiro atoms. The molecule has 1 unspecified atom stereocenters. The van der Waals surface area contributed by atoms with Gasteiger partial charge in [0.2, 0.25) is 0 Å². The molecule has 1 aromatic heterocycles. The minimum absolute atomic E-state index is 0.0963. The van der Waals surface area contributed by atoms with Crippen LogP contribution in [0.5, 0.6) is 0 Å². The smallest absolute Gasteiger partial charge is 0.330 e. The van der Waals surface area contributed by atoms with Crippen LogP contribution in [0.1, 0.15) is 65.2 Å². The summed E-state index contributed by atoms with van der Waals surface area (Å²) < 4.78 is 22.0. The summed E-state index contributed by atoms with van der Waals surface area (Å²) in [4.78, 5) is 26.3. The maximum atomic E-state index is 12.3. The molecule has 1 saturated heterocycles. The second-order valence-electron chi connectivity index (χ2n) is 8.57. The Kier molecular flexibility index (Phi) is 10.0. The van der Waals surface area contributed by atoms with Crippen LogP contribution in [0, 0.1) is 18.3 Å². The first-order chi connectivity index (χ1) is 15.1. The van der Waals surface area contributed by atoms with Crippen LogP contribution in [0.4, 0.5) is 0 Å². The zero-order valence-electron chi connectivity index (χ0n) is 19.5. The first kappa shape index (κ1) is 26.7. The van der Waals surface area contributed by atoms with Crippen molar-refractivity contribution < 1.29 is 18.9 Å². The molecule has 0 aliphatic carbocycles. The van der Waals surface area contributed by atoms with Crippen molar-refractivity contribution in [1.29, 1.82) is 5.26 Å². The molecule has 1 aliphatic heterocycles. The predicted molar refractivity (Wildman–Crippen MR) is 121 cm³/mol. The number of aromatic amines is 1. The number of hydrogen-bond acceptors (Lipinski definition) is 8. The summed E-state index contributed by atoms with van der Waals surface area (Å²) in [5.41, 5.74) is -1.32. The number of hydrogen-bond donors (Lipinski definition) is 2. The molecule has 0 saturated carbocycles. The lowest BCUT2D eigenvalue weighted by Crippen LogP contribution is -2.39. The van der Waals surface area contributed by atoms with E-state index in [2.05, 4.69) is 43.4 Å². The Balaban J connectivity index is 2.20. The average Bonchev–Trinajstić information content (AvgIpc) is 3.12. The molecule has 180 valence electrons. The van der Waals surface area contributed by atoms with Crippen LogP contribution in [0.2, 0.25) is 0 Å². The van der Waals surface area contributed by atoms with Gasteiger partial charge in [-0.05, 0) is 47.5 Å². The monoisotopic (exact) mass is 470 g/mol. The van der Waals surface area contributed by atoms with Gasteiger partial charge in [-0.25, -0.2) is 9.46 Å². The summed E-state index contributed by atoms with van der Waals surface area (Å²) >= 11 is 0. The highest BCUT2D eigenvalue weighted by Crippen LogP contribution is 2.48. The van der Waals surface area contributed by atoms with Crippen LogP contribution in [0.15, 0.2) is 15.8 Å². The Labute approximate surface area is 190 Å². The van der Waals surface area contributed by atoms with Gasteiger partial charge >= 0.3 is 5.69 Å². The summed E-state index contributed by atoms with van der Waals surface area (Å²) in [6, 6.07) is 2.41. The molecule has 11 heteroatoms. The number of aliphatic hydroxyl groups is 1. The van der Waals surface area contributed by atoms with Crippen molar-refractivity contribution in [1.82, 2.24) is 14.2 Å². The van der Waals surface area contributed by atoms with E-state index >= 15 is 0 Å². The van der Waals surface area contributed by atoms with E-state index < -0.39 is 31.6 Å². The van der Waals surface area contributed by atoms with Gasteiger partial charge in [0.25, 0.3) is 14.1 Å². The third-order valence-electron chi connectivity index (χ3n) is 5.36. The van der Waals surface area contributed by atoms with E-state index in [9.17, 15) is 14.7 Å². The lowest BCUT2D eigenvalue weighted by molar-refractivity contribution is -0.105. The number of aromatic nitrogens is 2. The zero-order valence-corrected chi connectivity index (χ0v) is 20.4. The van der Waals surface area contributed by atoms with Crippen LogP contribution in [-0.2, 0) is 13.8 Å². The highest BCUT2D eigenvalue weighted by Gasteiger charge is 2.43. The minimum Gasteiger partial charge on any atom is -0.396 e. The molecule has 1 aliphatic rings. The van der Waals surface area contributed by atoms with Gasteiger partial charge in [-0.1, -0.05) is 0 Å². The van der Waals surface area contributed by atoms with Crippen molar-refractivity contribution >= 4 is 8.53 Å². The highest BCUT2D eigenvalue weighted by molar-refractivity contribution is 7.44. The SMILES string of the molecule is Cc1cn([C@H]2CC[C@@](CCO)(COP(OCCC#N)N(C(C)C)C(C)C)O2)c(=O)[nH]c1=O. The van der Waals surface area contributed by atoms with Gasteiger partial charge in [-0.15, -0.1) is 0 Å². The van der Waals surface area contributed by atoms with Gasteiger partial charge in [0.05, 0.1) is 31.3 Å². The van der Waals surface area contributed by atoms with Gasteiger partial charge in [0.15, 0.2) is 0 Å². The van der Waals surface area contributed by atoms with Gasteiger partial charge in [-0.3, -0.25) is 14.3 Å². The summed E-state index contributed by atoms with van der Waals surface area (Å²) in [7, 11) is -1.45. The Hall–Kier alpha value is -1.60. The molecule has 0 bridgehead atoms. The molecular formula is C21H35N4O6P. The van der Waals surface area contributed by atoms with E-state index in [-0.39, 0.29) is 38.3 Å². The summed E-state index contributed by atoms with van der Waals surface area (Å²) in [5.74, 6) is 0. The number of nitriles is 1. The van der Waals surface area contributed by atoms with E-state index in [1.54, 1.807) is 6.92 Å². The third kappa shape index (κ3) is 6.70. The quantitative estimate of drug-likeness (QED) is 0.352. The van der Waals surface area contributed by atoms with Crippen molar-refractivity contribution in [3.8, 4) is 6.07 Å². The van der Waals surface area contributed by atoms with Gasteiger partial charge in [0, 0.05) is 36.9 Å². The standard InChI is InChI=1S/C21H35N4O6P/c1-15(2)25(16(3)4)32(29-12-6-10-22)30-14-21(9-11-26)8-7-18(31-21)24-13-17(5)19(27)23-20(24)28/h13,15-16,18,26H,6-9,11-12,14H2,1-5H3,(H,23,27,28)/t18-,21-,32?/m1/s1. The first-order valence-corrected chi connectivity index (χ1v) is 12.1. The molecule has 0 aromatic carbocycles. The Bertz CT molecular complexity index is 888. The van der Waals surface area contributed by atoms with E-state index in [1.807, 2.05) is 0 Å². The molecule has 1 aromatic rings. The maximum absolute atomic E-state index is 12.3. The van der Waals surface area contributed by atoms with Crippen molar-refractivity contribution in [3.63, 3.8) is 0 Å². The minimum atomic E-state index is -1.45. The fraction of sp³-hybridized carbons (Fsp3) is 0.762. The van der Waals surface area contributed by atoms with E-state index in [1.165, 1.54) is 10.8 Å². The second-order valence-corrected chi connectivity index (χ2v) is 10.0. The highest BCUT2D eigenvalue weighted by atomic mass is 31.2. The first-order valence-electron chi connectivity index (χ1n) is 11.0. The number of aliphatic hydroxyl groups excluding tert-OH is 1. The van der Waals surface area contributed by atoms with Crippen molar-refractivity contribution in [3.05, 3.63) is 32.6 Å². The van der Waals surface area contributed by atoms with E-state index in [0.717, 1.165) is 0 Å². The van der Waals surface area contributed by atoms with Gasteiger partial charge in [0.1, 0.15) is 6.23 Å².